The Morgan fingerprint density at radius 3 is 0.608 bits per heavy atom. The number of hydrogen-bond donors (Lipinski definition) is 3. The second-order valence-corrected chi connectivity index (χ2v) is 34.7. The summed E-state index contributed by atoms with van der Waals surface area (Å²) >= 11 is 0. The highest BCUT2D eigenvalue weighted by atomic mass is 31.2. The smallest absolute Gasteiger partial charge is 0.462 e. The lowest BCUT2D eigenvalue weighted by atomic mass is 10.0. The third-order valence-electron chi connectivity index (χ3n) is 19.3. The number of phosphoric acid groups is 2. The number of hydrogen-bond acceptors (Lipinski definition) is 15. The Balaban J connectivity index is 5.23. The molecule has 102 heavy (non-hydrogen) atoms. The van der Waals surface area contributed by atoms with Crippen LogP contribution in [0.5, 0.6) is 0 Å². The van der Waals surface area contributed by atoms with Crippen LogP contribution in [0.2, 0.25) is 0 Å². The highest BCUT2D eigenvalue weighted by Gasteiger charge is 2.30. The monoisotopic (exact) mass is 1490 g/mol. The van der Waals surface area contributed by atoms with Crippen molar-refractivity contribution in [1.82, 2.24) is 0 Å². The maximum absolute atomic E-state index is 13.1. The zero-order valence-electron chi connectivity index (χ0n) is 67.2. The number of rotatable bonds is 80. The molecule has 0 spiro atoms. The molecule has 0 radical (unpaired) electrons. The molecular formula is C83H162O17P2. The molecule has 0 rings (SSSR count). The number of phosphoric ester groups is 2. The number of aliphatic hydroxyl groups is 1. The normalized spacial score (nSPS) is 14.0. The SMILES string of the molecule is CC(C)CCCCCCCCCCCCCCCCCCCCC(=O)O[C@H](COC(=O)CCCCCCCCCCCCCCCCC(C)C)COP(=O)(O)OCC(O)COP(=O)(O)OC[C@@H](COC(=O)CCCCCCCCCC(C)C)OC(=O)CCCCCCCCCCCCCC(C)C. The first-order valence-electron chi connectivity index (χ1n) is 42.7. The maximum Gasteiger partial charge on any atom is 0.472 e. The first kappa shape index (κ1) is 100. The van der Waals surface area contributed by atoms with Crippen molar-refractivity contribution in [3.63, 3.8) is 0 Å². The molecule has 3 unspecified atom stereocenters. The molecule has 0 aromatic carbocycles. The molecule has 0 amide bonds. The van der Waals surface area contributed by atoms with Crippen LogP contribution in [0, 0.1) is 23.7 Å². The van der Waals surface area contributed by atoms with Crippen molar-refractivity contribution in [3.8, 4) is 0 Å². The van der Waals surface area contributed by atoms with E-state index in [2.05, 4.69) is 55.4 Å². The van der Waals surface area contributed by atoms with Gasteiger partial charge in [0.2, 0.25) is 0 Å². The second kappa shape index (κ2) is 72.0. The summed E-state index contributed by atoms with van der Waals surface area (Å²) in [5, 5.41) is 10.7. The van der Waals surface area contributed by atoms with E-state index in [4.69, 9.17) is 37.0 Å². The third kappa shape index (κ3) is 76.3. The third-order valence-corrected chi connectivity index (χ3v) is 21.2. The molecule has 0 aromatic heterocycles. The molecule has 3 N–H and O–H groups in total. The predicted molar refractivity (Wildman–Crippen MR) is 418 cm³/mol. The van der Waals surface area contributed by atoms with Gasteiger partial charge in [-0.15, -0.1) is 0 Å². The van der Waals surface area contributed by atoms with Gasteiger partial charge in [-0.3, -0.25) is 37.3 Å². The van der Waals surface area contributed by atoms with Crippen LogP contribution in [0.4, 0.5) is 0 Å². The van der Waals surface area contributed by atoms with Gasteiger partial charge in [-0.25, -0.2) is 9.13 Å². The fourth-order valence-electron chi connectivity index (χ4n) is 12.8. The van der Waals surface area contributed by atoms with Crippen LogP contribution in [-0.2, 0) is 65.4 Å². The van der Waals surface area contributed by atoms with Crippen LogP contribution < -0.4 is 0 Å². The van der Waals surface area contributed by atoms with E-state index in [0.29, 0.717) is 31.6 Å². The van der Waals surface area contributed by atoms with Gasteiger partial charge in [0.05, 0.1) is 26.4 Å². The Labute approximate surface area is 626 Å². The van der Waals surface area contributed by atoms with E-state index in [1.807, 2.05) is 0 Å². The molecule has 0 saturated carbocycles. The van der Waals surface area contributed by atoms with Gasteiger partial charge in [-0.1, -0.05) is 376 Å². The zero-order chi connectivity index (χ0) is 75.3. The topological polar surface area (TPSA) is 237 Å². The van der Waals surface area contributed by atoms with Gasteiger partial charge >= 0.3 is 39.5 Å². The van der Waals surface area contributed by atoms with Gasteiger partial charge in [0.15, 0.2) is 12.2 Å². The van der Waals surface area contributed by atoms with Crippen molar-refractivity contribution in [2.75, 3.05) is 39.6 Å². The first-order chi connectivity index (χ1) is 49.1. The average molecular weight is 1490 g/mol. The van der Waals surface area contributed by atoms with Crippen LogP contribution >= 0.6 is 15.6 Å². The molecule has 5 atom stereocenters. The Bertz CT molecular complexity index is 1990. The first-order valence-corrected chi connectivity index (χ1v) is 45.7. The molecule has 606 valence electrons. The summed E-state index contributed by atoms with van der Waals surface area (Å²) in [6.07, 6.45) is 59.8. The van der Waals surface area contributed by atoms with Crippen LogP contribution in [-0.4, -0.2) is 96.7 Å². The van der Waals surface area contributed by atoms with Gasteiger partial charge in [0, 0.05) is 25.7 Å². The lowest BCUT2D eigenvalue weighted by Gasteiger charge is -2.21. The Kier molecular flexibility index (Phi) is 70.6. The summed E-state index contributed by atoms with van der Waals surface area (Å²) in [4.78, 5) is 73.1. The largest absolute Gasteiger partial charge is 0.472 e. The number of unbranched alkanes of at least 4 members (excludes halogenated alkanes) is 46. The average Bonchev–Trinajstić information content (AvgIpc) is 0.922. The minimum atomic E-state index is -4.96. The van der Waals surface area contributed by atoms with Gasteiger partial charge in [-0.05, 0) is 49.4 Å². The Morgan fingerprint density at radius 2 is 0.412 bits per heavy atom. The summed E-state index contributed by atoms with van der Waals surface area (Å²) in [5.41, 5.74) is 0. The van der Waals surface area contributed by atoms with Crippen molar-refractivity contribution in [3.05, 3.63) is 0 Å². The van der Waals surface area contributed by atoms with Crippen molar-refractivity contribution in [1.29, 1.82) is 0 Å². The molecular weight excluding hydrogens is 1330 g/mol. The van der Waals surface area contributed by atoms with Gasteiger partial charge in [0.25, 0.3) is 0 Å². The number of carbonyl (C=O) groups excluding carboxylic acids is 4. The van der Waals surface area contributed by atoms with E-state index in [9.17, 15) is 43.2 Å². The fraction of sp³-hybridized carbons (Fsp3) is 0.952. The van der Waals surface area contributed by atoms with Gasteiger partial charge < -0.3 is 33.8 Å². The molecule has 0 saturated heterocycles. The number of esters is 4. The van der Waals surface area contributed by atoms with Crippen molar-refractivity contribution >= 4 is 39.5 Å². The molecule has 0 fully saturated rings. The molecule has 0 aliphatic heterocycles. The summed E-state index contributed by atoms with van der Waals surface area (Å²) in [6.45, 7) is 14.3. The van der Waals surface area contributed by atoms with E-state index in [1.54, 1.807) is 0 Å². The molecule has 0 heterocycles. The summed E-state index contributed by atoms with van der Waals surface area (Å²) in [6, 6.07) is 0. The Morgan fingerprint density at radius 1 is 0.245 bits per heavy atom. The van der Waals surface area contributed by atoms with Crippen molar-refractivity contribution < 1.29 is 80.2 Å². The van der Waals surface area contributed by atoms with Crippen LogP contribution in [0.3, 0.4) is 0 Å². The zero-order valence-corrected chi connectivity index (χ0v) is 69.0. The van der Waals surface area contributed by atoms with E-state index in [0.717, 1.165) is 114 Å². The van der Waals surface area contributed by atoms with E-state index in [-0.39, 0.29) is 25.7 Å². The van der Waals surface area contributed by atoms with E-state index >= 15 is 0 Å². The van der Waals surface area contributed by atoms with Crippen molar-refractivity contribution in [2.24, 2.45) is 23.7 Å². The van der Waals surface area contributed by atoms with Gasteiger partial charge in [0.1, 0.15) is 19.3 Å². The number of ether oxygens (including phenoxy) is 4. The Hall–Kier alpha value is -1.94. The molecule has 17 nitrogen and oxygen atoms in total. The van der Waals surface area contributed by atoms with E-state index in [1.165, 1.54) is 225 Å². The molecule has 0 bridgehead atoms. The van der Waals surface area contributed by atoms with Crippen LogP contribution in [0.1, 0.15) is 428 Å². The van der Waals surface area contributed by atoms with Crippen molar-refractivity contribution in [2.45, 2.75) is 446 Å². The lowest BCUT2D eigenvalue weighted by Crippen LogP contribution is -2.30. The highest BCUT2D eigenvalue weighted by Crippen LogP contribution is 2.45. The maximum atomic E-state index is 13.1. The van der Waals surface area contributed by atoms with E-state index < -0.39 is 97.5 Å². The summed E-state index contributed by atoms with van der Waals surface area (Å²) in [5.74, 6) is 0.977. The summed E-state index contributed by atoms with van der Waals surface area (Å²) in [7, 11) is -9.92. The number of carbonyl (C=O) groups is 4. The molecule has 0 aliphatic rings. The standard InChI is InChI=1S/C83H162O17P2/c1-73(2)59-51-43-35-28-22-17-13-11-9-10-12-14-20-26-32-40-49-57-65-82(87)99-78(69-93-80(85)63-55-47-39-31-25-19-16-15-18-23-29-36-44-52-60-74(3)4)71-97-101(89,90)95-67-77(84)68-96-102(91,92)98-72-79(70-94-81(86)64-56-48-42-34-38-46-54-62-76(7)8)100-83(88)66-58-50-41-33-27-21-24-30-37-45-53-61-75(5)6/h73-79,84H,9-72H2,1-8H3,(H,89,90)(H,91,92)/t77?,78-,79-/m1/s1. The summed E-state index contributed by atoms with van der Waals surface area (Å²) < 4.78 is 68.8. The minimum absolute atomic E-state index is 0.105. The van der Waals surface area contributed by atoms with Crippen LogP contribution in [0.15, 0.2) is 0 Å². The molecule has 0 aliphatic carbocycles. The quantitative estimate of drug-likeness (QED) is 0.0222. The lowest BCUT2D eigenvalue weighted by molar-refractivity contribution is -0.161. The molecule has 19 heteroatoms. The fourth-order valence-corrected chi connectivity index (χ4v) is 14.4. The second-order valence-electron chi connectivity index (χ2n) is 31.8. The molecule has 0 aromatic rings. The number of aliphatic hydroxyl groups excluding tert-OH is 1. The van der Waals surface area contributed by atoms with Gasteiger partial charge in [-0.2, -0.15) is 0 Å². The minimum Gasteiger partial charge on any atom is -0.462 e. The predicted octanol–water partition coefficient (Wildman–Crippen LogP) is 24.8. The highest BCUT2D eigenvalue weighted by molar-refractivity contribution is 7.47. The van der Waals surface area contributed by atoms with Crippen LogP contribution in [0.25, 0.3) is 0 Å².